The van der Waals surface area contributed by atoms with Crippen LogP contribution in [-0.4, -0.2) is 22.5 Å². The van der Waals surface area contributed by atoms with Crippen molar-refractivity contribution in [3.63, 3.8) is 0 Å². The Hall–Kier alpha value is -2.23. The smallest absolute Gasteiger partial charge is 0.289 e. The van der Waals surface area contributed by atoms with Crippen molar-refractivity contribution < 1.29 is 14.5 Å². The van der Waals surface area contributed by atoms with Gasteiger partial charge < -0.3 is 10.1 Å². The van der Waals surface area contributed by atoms with E-state index in [-0.39, 0.29) is 15.8 Å². The first-order valence-corrected chi connectivity index (χ1v) is 10.2. The van der Waals surface area contributed by atoms with E-state index in [1.54, 1.807) is 18.2 Å². The van der Waals surface area contributed by atoms with Gasteiger partial charge in [0.25, 0.3) is 11.6 Å². The van der Waals surface area contributed by atoms with Gasteiger partial charge in [0.1, 0.15) is 10.8 Å². The first-order chi connectivity index (χ1) is 13.7. The number of hydrogen-bond donors (Lipinski definition) is 2. The van der Waals surface area contributed by atoms with Crippen molar-refractivity contribution in [3.05, 3.63) is 61.6 Å². The van der Waals surface area contributed by atoms with Gasteiger partial charge in [-0.1, -0.05) is 41.4 Å². The van der Waals surface area contributed by atoms with Gasteiger partial charge in [-0.2, -0.15) is 0 Å². The number of ether oxygens (including phenoxy) is 1. The zero-order valence-electron chi connectivity index (χ0n) is 15.7. The molecule has 0 fully saturated rings. The van der Waals surface area contributed by atoms with E-state index in [1.807, 2.05) is 0 Å². The summed E-state index contributed by atoms with van der Waals surface area (Å²) in [6, 6.07) is 9.26. The van der Waals surface area contributed by atoms with Crippen molar-refractivity contribution >= 4 is 62.1 Å². The Labute approximate surface area is 187 Å². The van der Waals surface area contributed by atoms with Gasteiger partial charge in [-0.05, 0) is 54.9 Å². The van der Waals surface area contributed by atoms with Crippen LogP contribution in [0.2, 0.25) is 5.02 Å². The Kier molecular flexibility index (Phi) is 8.36. The van der Waals surface area contributed by atoms with Crippen molar-refractivity contribution in [2.24, 2.45) is 5.92 Å². The van der Waals surface area contributed by atoms with Crippen LogP contribution in [0.1, 0.15) is 30.6 Å². The van der Waals surface area contributed by atoms with Crippen molar-refractivity contribution in [2.45, 2.75) is 20.3 Å². The molecule has 0 aliphatic rings. The highest BCUT2D eigenvalue weighted by molar-refractivity contribution is 9.10. The SMILES string of the molecule is CC(C)CCOc1ccc(Br)cc1C(=O)NC(=S)Nc1ccc(Cl)c([N+](=O)[O-])c1. The van der Waals surface area contributed by atoms with Crippen LogP contribution in [0.3, 0.4) is 0 Å². The van der Waals surface area contributed by atoms with Crippen LogP contribution in [0.4, 0.5) is 11.4 Å². The van der Waals surface area contributed by atoms with Gasteiger partial charge in [0.2, 0.25) is 0 Å². The first-order valence-electron chi connectivity index (χ1n) is 8.66. The normalized spacial score (nSPS) is 10.5. The number of nitro benzene ring substituents is 1. The lowest BCUT2D eigenvalue weighted by Gasteiger charge is -2.14. The van der Waals surface area contributed by atoms with E-state index in [2.05, 4.69) is 40.4 Å². The Bertz CT molecular complexity index is 940. The maximum atomic E-state index is 12.7. The number of anilines is 1. The third kappa shape index (κ3) is 6.95. The number of amides is 1. The van der Waals surface area contributed by atoms with Gasteiger partial charge in [-0.15, -0.1) is 0 Å². The molecule has 0 saturated heterocycles. The number of hydrogen-bond acceptors (Lipinski definition) is 5. The molecule has 0 unspecified atom stereocenters. The number of halogens is 2. The van der Waals surface area contributed by atoms with Gasteiger partial charge >= 0.3 is 0 Å². The molecule has 2 aromatic carbocycles. The van der Waals surface area contributed by atoms with Crippen LogP contribution in [0, 0.1) is 16.0 Å². The number of nitrogens with one attached hydrogen (secondary N) is 2. The molecule has 0 aromatic heterocycles. The number of nitrogens with zero attached hydrogens (tertiary/aromatic N) is 1. The van der Waals surface area contributed by atoms with Crippen LogP contribution in [0.25, 0.3) is 0 Å². The number of rotatable bonds is 7. The summed E-state index contributed by atoms with van der Waals surface area (Å²) in [5.74, 6) is 0.450. The summed E-state index contributed by atoms with van der Waals surface area (Å²) in [5.41, 5.74) is 0.377. The fourth-order valence-corrected chi connectivity index (χ4v) is 3.03. The molecular formula is C19H19BrClN3O4S. The molecule has 29 heavy (non-hydrogen) atoms. The Morgan fingerprint density at radius 2 is 2.03 bits per heavy atom. The predicted molar refractivity (Wildman–Crippen MR) is 121 cm³/mol. The first kappa shape index (κ1) is 23.1. The van der Waals surface area contributed by atoms with Gasteiger partial charge in [0, 0.05) is 16.2 Å². The number of carbonyl (C=O) groups excluding carboxylic acids is 1. The molecule has 1 amide bonds. The van der Waals surface area contributed by atoms with E-state index in [9.17, 15) is 14.9 Å². The van der Waals surface area contributed by atoms with Crippen LogP contribution >= 0.6 is 39.7 Å². The minimum atomic E-state index is -0.600. The summed E-state index contributed by atoms with van der Waals surface area (Å²) in [7, 11) is 0. The Balaban J connectivity index is 2.09. The van der Waals surface area contributed by atoms with Crippen molar-refractivity contribution in [3.8, 4) is 5.75 Å². The van der Waals surface area contributed by atoms with E-state index < -0.39 is 10.8 Å². The maximum Gasteiger partial charge on any atom is 0.289 e. The minimum Gasteiger partial charge on any atom is -0.493 e. The van der Waals surface area contributed by atoms with E-state index in [0.717, 1.165) is 6.42 Å². The molecule has 0 atom stereocenters. The largest absolute Gasteiger partial charge is 0.493 e. The van der Waals surface area contributed by atoms with E-state index in [4.69, 9.17) is 28.6 Å². The lowest BCUT2D eigenvalue weighted by molar-refractivity contribution is -0.384. The molecule has 0 saturated carbocycles. The third-order valence-electron chi connectivity index (χ3n) is 3.77. The van der Waals surface area contributed by atoms with E-state index in [0.29, 0.717) is 34.0 Å². The van der Waals surface area contributed by atoms with Gasteiger partial charge in [-0.25, -0.2) is 0 Å². The standard InChI is InChI=1S/C19H19BrClN3O4S/c1-11(2)7-8-28-17-6-3-12(20)9-14(17)18(25)23-19(29)22-13-4-5-15(21)16(10-13)24(26)27/h3-6,9-11H,7-8H2,1-2H3,(H2,22,23,25,29). The zero-order valence-corrected chi connectivity index (χ0v) is 18.9. The van der Waals surface area contributed by atoms with E-state index in [1.165, 1.54) is 18.2 Å². The lowest BCUT2D eigenvalue weighted by Crippen LogP contribution is -2.34. The summed E-state index contributed by atoms with van der Waals surface area (Å²) in [6.07, 6.45) is 0.854. The van der Waals surface area contributed by atoms with Gasteiger partial charge in [0.05, 0.1) is 17.1 Å². The van der Waals surface area contributed by atoms with Crippen LogP contribution in [-0.2, 0) is 0 Å². The topological polar surface area (TPSA) is 93.5 Å². The summed E-state index contributed by atoms with van der Waals surface area (Å²) in [4.78, 5) is 23.1. The van der Waals surface area contributed by atoms with Crippen LogP contribution < -0.4 is 15.4 Å². The molecule has 0 aliphatic carbocycles. The molecule has 10 heteroatoms. The quantitative estimate of drug-likeness (QED) is 0.294. The lowest BCUT2D eigenvalue weighted by atomic mass is 10.1. The number of thiocarbonyl (C=S) groups is 1. The van der Waals surface area contributed by atoms with Gasteiger partial charge in [-0.3, -0.25) is 20.2 Å². The molecule has 0 heterocycles. The molecule has 0 bridgehead atoms. The number of benzene rings is 2. The molecule has 0 spiro atoms. The second-order valence-corrected chi connectivity index (χ2v) is 8.23. The zero-order chi connectivity index (χ0) is 21.6. The van der Waals surface area contributed by atoms with Crippen molar-refractivity contribution in [2.75, 3.05) is 11.9 Å². The van der Waals surface area contributed by atoms with Crippen LogP contribution in [0.15, 0.2) is 40.9 Å². The van der Waals surface area contributed by atoms with Crippen LogP contribution in [0.5, 0.6) is 5.75 Å². The van der Waals surface area contributed by atoms with Crippen molar-refractivity contribution in [1.29, 1.82) is 0 Å². The molecule has 0 aliphatic heterocycles. The monoisotopic (exact) mass is 499 g/mol. The summed E-state index contributed by atoms with van der Waals surface area (Å²) in [6.45, 7) is 4.66. The predicted octanol–water partition coefficient (Wildman–Crippen LogP) is 5.56. The highest BCUT2D eigenvalue weighted by Crippen LogP contribution is 2.27. The van der Waals surface area contributed by atoms with E-state index >= 15 is 0 Å². The molecule has 2 aromatic rings. The minimum absolute atomic E-state index is 0.00725. The summed E-state index contributed by atoms with van der Waals surface area (Å²) < 4.78 is 6.46. The molecule has 2 N–H and O–H groups in total. The second-order valence-electron chi connectivity index (χ2n) is 6.50. The Morgan fingerprint density at radius 3 is 2.69 bits per heavy atom. The highest BCUT2D eigenvalue weighted by Gasteiger charge is 2.17. The fourth-order valence-electron chi connectivity index (χ4n) is 2.27. The molecule has 154 valence electrons. The average molecular weight is 501 g/mol. The van der Waals surface area contributed by atoms with Crippen molar-refractivity contribution in [1.82, 2.24) is 5.32 Å². The van der Waals surface area contributed by atoms with Gasteiger partial charge in [0.15, 0.2) is 5.11 Å². The number of carbonyl (C=O) groups is 1. The molecule has 7 nitrogen and oxygen atoms in total. The average Bonchev–Trinajstić information content (AvgIpc) is 2.63. The Morgan fingerprint density at radius 1 is 1.31 bits per heavy atom. The second kappa shape index (κ2) is 10.5. The third-order valence-corrected chi connectivity index (χ3v) is 4.78. The summed E-state index contributed by atoms with van der Waals surface area (Å²) >= 11 is 14.3. The highest BCUT2D eigenvalue weighted by atomic mass is 79.9. The fraction of sp³-hybridized carbons (Fsp3) is 0.263. The molecular weight excluding hydrogens is 482 g/mol. The molecule has 0 radical (unpaired) electrons. The molecule has 2 rings (SSSR count). The maximum absolute atomic E-state index is 12.7. The number of nitro groups is 1. The summed E-state index contributed by atoms with van der Waals surface area (Å²) in [5, 5.41) is 16.3.